The number of carboxylic acid groups (broad SMARTS) is 1. The maximum absolute atomic E-state index is 11.5. The summed E-state index contributed by atoms with van der Waals surface area (Å²) in [5, 5.41) is 9.09. The van der Waals surface area contributed by atoms with Crippen LogP contribution in [0.5, 0.6) is 5.75 Å². The van der Waals surface area contributed by atoms with Crippen LogP contribution < -0.4 is 10.3 Å². The molecule has 0 spiro atoms. The largest absolute Gasteiger partial charge is 0.491 e. The van der Waals surface area contributed by atoms with Gasteiger partial charge in [-0.05, 0) is 24.3 Å². The van der Waals surface area contributed by atoms with Gasteiger partial charge in [0.05, 0.1) is 6.54 Å². The third-order valence-corrected chi connectivity index (χ3v) is 3.15. The topological polar surface area (TPSA) is 68.5 Å². The molecule has 0 aliphatic rings. The zero-order valence-corrected chi connectivity index (χ0v) is 12.0. The van der Waals surface area contributed by atoms with Crippen LogP contribution in [0, 0.1) is 0 Å². The molecule has 0 saturated heterocycles. The maximum Gasteiger partial charge on any atom is 0.339 e. The minimum Gasteiger partial charge on any atom is -0.491 e. The molecule has 20 heavy (non-hydrogen) atoms. The Morgan fingerprint density at radius 1 is 1.30 bits per heavy atom. The molecule has 0 amide bonds. The molecule has 2 rings (SSSR count). The molecule has 0 saturated carbocycles. The third-order valence-electron chi connectivity index (χ3n) is 2.66. The number of pyridine rings is 1. The smallest absolute Gasteiger partial charge is 0.339 e. The molecule has 0 bridgehead atoms. The van der Waals surface area contributed by atoms with Crippen molar-refractivity contribution in [2.24, 2.45) is 0 Å². The summed E-state index contributed by atoms with van der Waals surface area (Å²) in [5.74, 6) is -0.775. The second kappa shape index (κ2) is 6.38. The molecule has 0 unspecified atom stereocenters. The van der Waals surface area contributed by atoms with Crippen molar-refractivity contribution in [1.82, 2.24) is 4.57 Å². The molecule has 5 nitrogen and oxygen atoms in total. The van der Waals surface area contributed by atoms with Crippen LogP contribution >= 0.6 is 15.9 Å². The number of aromatic nitrogens is 1. The Bertz CT molecular complexity index is 681. The average molecular weight is 338 g/mol. The van der Waals surface area contributed by atoms with Crippen LogP contribution in [0.3, 0.4) is 0 Å². The van der Waals surface area contributed by atoms with Gasteiger partial charge in [-0.25, -0.2) is 4.79 Å². The van der Waals surface area contributed by atoms with Gasteiger partial charge in [0.25, 0.3) is 5.56 Å². The lowest BCUT2D eigenvalue weighted by atomic mass is 10.2. The van der Waals surface area contributed by atoms with Crippen molar-refractivity contribution < 1.29 is 14.6 Å². The van der Waals surface area contributed by atoms with E-state index in [1.54, 1.807) is 30.5 Å². The van der Waals surface area contributed by atoms with Gasteiger partial charge in [-0.2, -0.15) is 0 Å². The molecule has 0 fully saturated rings. The fourth-order valence-electron chi connectivity index (χ4n) is 1.69. The molecule has 0 aliphatic heterocycles. The van der Waals surface area contributed by atoms with Gasteiger partial charge in [0.1, 0.15) is 17.9 Å². The zero-order valence-electron chi connectivity index (χ0n) is 10.5. The third kappa shape index (κ3) is 3.48. The number of ether oxygens (including phenoxy) is 1. The minimum atomic E-state index is -1.06. The average Bonchev–Trinajstić information content (AvgIpc) is 2.42. The number of halogens is 1. The summed E-state index contributed by atoms with van der Waals surface area (Å²) in [4.78, 5) is 22.6. The van der Waals surface area contributed by atoms with Crippen LogP contribution in [0.1, 0.15) is 10.4 Å². The summed E-state index contributed by atoms with van der Waals surface area (Å²) in [7, 11) is 0. The van der Waals surface area contributed by atoms with Crippen LogP contribution in [0.15, 0.2) is 51.9 Å². The number of aromatic carboxylic acids is 1. The Balaban J connectivity index is 2.07. The van der Waals surface area contributed by atoms with Gasteiger partial charge in [-0.3, -0.25) is 4.79 Å². The summed E-state index contributed by atoms with van der Waals surface area (Å²) in [6, 6.07) is 9.65. The Hall–Kier alpha value is -2.08. The van der Waals surface area contributed by atoms with E-state index in [0.717, 1.165) is 0 Å². The monoisotopic (exact) mass is 337 g/mol. The van der Waals surface area contributed by atoms with Gasteiger partial charge in [0, 0.05) is 16.7 Å². The summed E-state index contributed by atoms with van der Waals surface area (Å²) < 4.78 is 7.62. The molecule has 0 aliphatic carbocycles. The number of rotatable bonds is 5. The van der Waals surface area contributed by atoms with E-state index in [9.17, 15) is 9.59 Å². The standard InChI is InChI=1S/C14H12BrNO4/c15-10-4-5-12(11(9-10)14(18)19)20-8-7-16-6-2-1-3-13(16)17/h1-6,9H,7-8H2,(H,18,19). The summed E-state index contributed by atoms with van der Waals surface area (Å²) in [6.45, 7) is 0.570. The van der Waals surface area contributed by atoms with Crippen LogP contribution in [0.25, 0.3) is 0 Å². The number of hydrogen-bond donors (Lipinski definition) is 1. The van der Waals surface area contributed by atoms with Gasteiger partial charge in [-0.15, -0.1) is 0 Å². The van der Waals surface area contributed by atoms with Crippen molar-refractivity contribution in [2.45, 2.75) is 6.54 Å². The van der Waals surface area contributed by atoms with E-state index in [0.29, 0.717) is 11.0 Å². The van der Waals surface area contributed by atoms with E-state index in [4.69, 9.17) is 9.84 Å². The van der Waals surface area contributed by atoms with Gasteiger partial charge < -0.3 is 14.4 Å². The van der Waals surface area contributed by atoms with Crippen molar-refractivity contribution in [2.75, 3.05) is 6.61 Å². The molecule has 1 aromatic carbocycles. The Labute approximate surface area is 123 Å². The highest BCUT2D eigenvalue weighted by atomic mass is 79.9. The Morgan fingerprint density at radius 2 is 2.10 bits per heavy atom. The fraction of sp³-hybridized carbons (Fsp3) is 0.143. The summed E-state index contributed by atoms with van der Waals surface area (Å²) in [6.07, 6.45) is 1.66. The Morgan fingerprint density at radius 3 is 2.80 bits per heavy atom. The molecule has 0 atom stereocenters. The first-order valence-corrected chi connectivity index (χ1v) is 6.68. The van der Waals surface area contributed by atoms with Gasteiger partial charge in [-0.1, -0.05) is 22.0 Å². The van der Waals surface area contributed by atoms with E-state index in [1.165, 1.54) is 16.7 Å². The quantitative estimate of drug-likeness (QED) is 0.909. The first kappa shape index (κ1) is 14.3. The molecular formula is C14H12BrNO4. The first-order valence-electron chi connectivity index (χ1n) is 5.89. The highest BCUT2D eigenvalue weighted by Gasteiger charge is 2.11. The van der Waals surface area contributed by atoms with Gasteiger partial charge >= 0.3 is 5.97 Å². The zero-order chi connectivity index (χ0) is 14.5. The van der Waals surface area contributed by atoms with E-state index < -0.39 is 5.97 Å². The lowest BCUT2D eigenvalue weighted by molar-refractivity contribution is 0.0692. The van der Waals surface area contributed by atoms with Crippen molar-refractivity contribution in [1.29, 1.82) is 0 Å². The van der Waals surface area contributed by atoms with E-state index in [-0.39, 0.29) is 23.5 Å². The molecular weight excluding hydrogens is 326 g/mol. The summed E-state index contributed by atoms with van der Waals surface area (Å²) >= 11 is 3.21. The highest BCUT2D eigenvalue weighted by Crippen LogP contribution is 2.23. The normalized spacial score (nSPS) is 10.2. The second-order valence-corrected chi connectivity index (χ2v) is 4.94. The molecule has 1 aromatic heterocycles. The Kier molecular flexibility index (Phi) is 4.57. The number of carbonyl (C=O) groups is 1. The lowest BCUT2D eigenvalue weighted by Crippen LogP contribution is -2.21. The second-order valence-electron chi connectivity index (χ2n) is 4.03. The van der Waals surface area contributed by atoms with Gasteiger partial charge in [0.15, 0.2) is 0 Å². The van der Waals surface area contributed by atoms with Crippen LogP contribution in [0.4, 0.5) is 0 Å². The molecule has 2 aromatic rings. The predicted octanol–water partition coefficient (Wildman–Crippen LogP) is 2.39. The van der Waals surface area contributed by atoms with E-state index in [1.807, 2.05) is 0 Å². The molecule has 1 heterocycles. The van der Waals surface area contributed by atoms with Crippen molar-refractivity contribution >= 4 is 21.9 Å². The first-order chi connectivity index (χ1) is 9.58. The summed E-state index contributed by atoms with van der Waals surface area (Å²) in [5.41, 5.74) is -0.0369. The van der Waals surface area contributed by atoms with E-state index in [2.05, 4.69) is 15.9 Å². The predicted molar refractivity (Wildman–Crippen MR) is 77.3 cm³/mol. The maximum atomic E-state index is 11.5. The lowest BCUT2D eigenvalue weighted by Gasteiger charge is -2.10. The highest BCUT2D eigenvalue weighted by molar-refractivity contribution is 9.10. The number of nitrogens with zero attached hydrogens (tertiary/aromatic N) is 1. The molecule has 0 radical (unpaired) electrons. The molecule has 6 heteroatoms. The number of carboxylic acids is 1. The van der Waals surface area contributed by atoms with Crippen LogP contribution in [-0.2, 0) is 6.54 Å². The van der Waals surface area contributed by atoms with Crippen LogP contribution in [0.2, 0.25) is 0 Å². The van der Waals surface area contributed by atoms with Gasteiger partial charge in [0.2, 0.25) is 0 Å². The number of hydrogen-bond acceptors (Lipinski definition) is 3. The van der Waals surface area contributed by atoms with Crippen molar-refractivity contribution in [3.8, 4) is 5.75 Å². The molecule has 104 valence electrons. The minimum absolute atomic E-state index is 0.0831. The SMILES string of the molecule is O=C(O)c1cc(Br)ccc1OCCn1ccccc1=O. The van der Waals surface area contributed by atoms with Crippen LogP contribution in [-0.4, -0.2) is 22.2 Å². The number of benzene rings is 1. The van der Waals surface area contributed by atoms with Crippen molar-refractivity contribution in [3.63, 3.8) is 0 Å². The van der Waals surface area contributed by atoms with E-state index >= 15 is 0 Å². The molecule has 1 N–H and O–H groups in total. The fourth-order valence-corrected chi connectivity index (χ4v) is 2.06. The van der Waals surface area contributed by atoms with Crippen molar-refractivity contribution in [3.05, 3.63) is 63.0 Å².